The number of hydrogen-bond acceptors (Lipinski definition) is 4. The van der Waals surface area contributed by atoms with Gasteiger partial charge < -0.3 is 14.0 Å². The fourth-order valence-corrected chi connectivity index (χ4v) is 6.00. The number of benzene rings is 3. The van der Waals surface area contributed by atoms with Crippen LogP contribution in [0.5, 0.6) is 0 Å². The van der Waals surface area contributed by atoms with Crippen LogP contribution in [0.25, 0.3) is 61.8 Å². The minimum absolute atomic E-state index is 0. The first-order chi connectivity index (χ1) is 21.2. The second-order valence-corrected chi connectivity index (χ2v) is 12.4. The number of imidazole rings is 1. The maximum atomic E-state index is 6.04. The maximum Gasteiger partial charge on any atom is 0.216 e. The molecule has 4 aromatic heterocycles. The van der Waals surface area contributed by atoms with E-state index in [4.69, 9.17) is 9.40 Å². The van der Waals surface area contributed by atoms with Crippen LogP contribution in [-0.4, -0.2) is 19.5 Å². The van der Waals surface area contributed by atoms with Crippen LogP contribution < -0.4 is 0 Å². The number of nitrogens with zero attached hydrogens (tertiary/aromatic N) is 4. The fraction of sp³-hybridized carbons (Fsp3) is 0.205. The molecule has 5 heterocycles. The van der Waals surface area contributed by atoms with E-state index in [1.807, 2.05) is 49.5 Å². The third-order valence-corrected chi connectivity index (χ3v) is 8.27. The minimum Gasteiger partial charge on any atom is -0.486 e. The molecule has 0 unspecified atom stereocenters. The summed E-state index contributed by atoms with van der Waals surface area (Å²) in [6, 6.07) is 31.2. The van der Waals surface area contributed by atoms with Crippen molar-refractivity contribution in [3.05, 3.63) is 120 Å². The SMILES string of the molecule is Cc1cc2c3c(c1)nc(-c1[c-]cccc1)n3C(C)(C)C=C2.Cc1ccc2c(n1)oc1c(-c3cc(C(C)C)ccn3)[c-]ccc12.[Ir]. The smallest absolute Gasteiger partial charge is 0.216 e. The molecule has 227 valence electrons. The molecule has 0 saturated carbocycles. The van der Waals surface area contributed by atoms with Crippen LogP contribution in [-0.2, 0) is 25.6 Å². The van der Waals surface area contributed by atoms with Crippen LogP contribution in [0.2, 0.25) is 0 Å². The van der Waals surface area contributed by atoms with E-state index < -0.39 is 0 Å². The van der Waals surface area contributed by atoms with Crippen LogP contribution in [0.15, 0.2) is 89.5 Å². The summed E-state index contributed by atoms with van der Waals surface area (Å²) >= 11 is 0. The molecule has 0 spiro atoms. The van der Waals surface area contributed by atoms with Crippen LogP contribution in [0.1, 0.15) is 56.0 Å². The summed E-state index contributed by atoms with van der Waals surface area (Å²) in [6.45, 7) is 12.9. The monoisotopic (exact) mass is 767 g/mol. The van der Waals surface area contributed by atoms with Crippen molar-refractivity contribution in [2.45, 2.75) is 53.0 Å². The fourth-order valence-electron chi connectivity index (χ4n) is 6.00. The zero-order valence-electron chi connectivity index (χ0n) is 26.3. The minimum atomic E-state index is -0.0873. The van der Waals surface area contributed by atoms with Gasteiger partial charge in [0.2, 0.25) is 5.71 Å². The summed E-state index contributed by atoms with van der Waals surface area (Å²) in [6.07, 6.45) is 6.32. The Hall–Kier alpha value is -4.38. The molecule has 0 saturated heterocycles. The Labute approximate surface area is 277 Å². The van der Waals surface area contributed by atoms with Gasteiger partial charge >= 0.3 is 0 Å². The summed E-state index contributed by atoms with van der Waals surface area (Å²) in [7, 11) is 0. The van der Waals surface area contributed by atoms with Gasteiger partial charge in [0.15, 0.2) is 0 Å². The molecule has 0 amide bonds. The average Bonchev–Trinajstić information content (AvgIpc) is 3.59. The molecule has 1 aliphatic rings. The van der Waals surface area contributed by atoms with Crippen molar-refractivity contribution in [1.82, 2.24) is 19.5 Å². The van der Waals surface area contributed by atoms with E-state index in [-0.39, 0.29) is 25.6 Å². The van der Waals surface area contributed by atoms with E-state index >= 15 is 0 Å². The van der Waals surface area contributed by atoms with Crippen LogP contribution in [0.4, 0.5) is 0 Å². The Morgan fingerprint density at radius 1 is 0.889 bits per heavy atom. The second kappa shape index (κ2) is 11.8. The number of rotatable bonds is 3. The zero-order valence-corrected chi connectivity index (χ0v) is 28.7. The molecule has 5 nitrogen and oxygen atoms in total. The summed E-state index contributed by atoms with van der Waals surface area (Å²) in [5.74, 6) is 1.45. The standard InChI is InChI=1S/C20H17N2O.C19H17N2.Ir/c1-12(2)14-9-10-21-18(11-14)17-6-4-5-15-16-8-7-13(3)22-20(16)23-19(15)17;1-13-11-15-9-10-19(2,3)21-17(15)16(12-13)20-18(21)14-7-5-4-6-8-14;/h4-5,7-12H,1-3H3;4-7,9-12H,1-3H3;/q2*-1;. The van der Waals surface area contributed by atoms with Crippen LogP contribution in [0.3, 0.4) is 0 Å². The quantitative estimate of drug-likeness (QED) is 0.168. The number of pyridine rings is 2. The van der Waals surface area contributed by atoms with Crippen molar-refractivity contribution >= 4 is 39.2 Å². The summed E-state index contributed by atoms with van der Waals surface area (Å²) in [4.78, 5) is 13.9. The first-order valence-electron chi connectivity index (χ1n) is 15.1. The van der Waals surface area contributed by atoms with Gasteiger partial charge in [-0.15, -0.1) is 54.1 Å². The molecule has 0 fully saturated rings. The molecule has 0 atom stereocenters. The van der Waals surface area contributed by atoms with Crippen LogP contribution >= 0.6 is 0 Å². The van der Waals surface area contributed by atoms with E-state index in [2.05, 4.69) is 110 Å². The van der Waals surface area contributed by atoms with Gasteiger partial charge in [0.05, 0.1) is 28.0 Å². The molecule has 1 radical (unpaired) electrons. The molecular weight excluding hydrogens is 733 g/mol. The molecule has 1 aliphatic heterocycles. The number of hydrogen-bond donors (Lipinski definition) is 0. The molecule has 0 N–H and O–H groups in total. The Bertz CT molecular complexity index is 2210. The van der Waals surface area contributed by atoms with E-state index in [1.54, 1.807) is 0 Å². The Morgan fingerprint density at radius 2 is 1.73 bits per heavy atom. The van der Waals surface area contributed by atoms with Gasteiger partial charge in [0.25, 0.3) is 0 Å². The Morgan fingerprint density at radius 3 is 2.51 bits per heavy atom. The molecule has 6 heteroatoms. The van der Waals surface area contributed by atoms with Gasteiger partial charge in [-0.3, -0.25) is 4.98 Å². The van der Waals surface area contributed by atoms with Crippen LogP contribution in [0, 0.1) is 26.0 Å². The van der Waals surface area contributed by atoms with Crippen molar-refractivity contribution < 1.29 is 24.5 Å². The normalized spacial score (nSPS) is 13.2. The van der Waals surface area contributed by atoms with Gasteiger partial charge in [-0.2, -0.15) is 0 Å². The first-order valence-corrected chi connectivity index (χ1v) is 15.1. The van der Waals surface area contributed by atoms with Gasteiger partial charge in [-0.1, -0.05) is 48.6 Å². The third-order valence-electron chi connectivity index (χ3n) is 8.27. The molecule has 3 aromatic carbocycles. The largest absolute Gasteiger partial charge is 0.486 e. The number of furan rings is 1. The van der Waals surface area contributed by atoms with Gasteiger partial charge in [0, 0.05) is 37.4 Å². The Balaban J connectivity index is 0.000000156. The molecular formula is C39H34IrN4O-2. The van der Waals surface area contributed by atoms with E-state index in [0.717, 1.165) is 50.2 Å². The summed E-state index contributed by atoms with van der Waals surface area (Å²) < 4.78 is 8.37. The van der Waals surface area contributed by atoms with E-state index in [0.29, 0.717) is 11.6 Å². The molecule has 7 aromatic rings. The number of aromatic nitrogens is 4. The van der Waals surface area contributed by atoms with Crippen molar-refractivity contribution in [3.63, 3.8) is 0 Å². The zero-order chi connectivity index (χ0) is 30.6. The first kappa shape index (κ1) is 30.6. The summed E-state index contributed by atoms with van der Waals surface area (Å²) in [5.41, 5.74) is 11.2. The van der Waals surface area contributed by atoms with Crippen molar-refractivity contribution in [2.24, 2.45) is 0 Å². The number of allylic oxidation sites excluding steroid dienone is 1. The number of fused-ring (bicyclic) bond motifs is 3. The molecule has 0 aliphatic carbocycles. The van der Waals surface area contributed by atoms with E-state index in [9.17, 15) is 0 Å². The third kappa shape index (κ3) is 5.54. The Kier molecular flexibility index (Phi) is 8.07. The van der Waals surface area contributed by atoms with Crippen molar-refractivity contribution in [1.29, 1.82) is 0 Å². The van der Waals surface area contributed by atoms with Crippen molar-refractivity contribution in [3.8, 4) is 22.6 Å². The predicted octanol–water partition coefficient (Wildman–Crippen LogP) is 9.85. The van der Waals surface area contributed by atoms with Crippen molar-refractivity contribution in [2.75, 3.05) is 0 Å². The molecule has 45 heavy (non-hydrogen) atoms. The maximum absolute atomic E-state index is 6.04. The second-order valence-electron chi connectivity index (χ2n) is 12.4. The predicted molar refractivity (Wildman–Crippen MR) is 180 cm³/mol. The summed E-state index contributed by atoms with van der Waals surface area (Å²) in [5, 5.41) is 2.08. The topological polar surface area (TPSA) is 56.7 Å². The van der Waals surface area contributed by atoms with Gasteiger partial charge in [-0.05, 0) is 80.8 Å². The van der Waals surface area contributed by atoms with E-state index in [1.165, 1.54) is 22.2 Å². The van der Waals surface area contributed by atoms with Gasteiger partial charge in [-0.25, -0.2) is 4.98 Å². The molecule has 8 rings (SSSR count). The molecule has 0 bridgehead atoms. The average molecular weight is 767 g/mol. The number of aryl methyl sites for hydroxylation is 2. The van der Waals surface area contributed by atoms with Gasteiger partial charge in [0.1, 0.15) is 0 Å².